The van der Waals surface area contributed by atoms with Gasteiger partial charge in [0.15, 0.2) is 0 Å². The first-order valence-corrected chi connectivity index (χ1v) is 6.85. The van der Waals surface area contributed by atoms with Crippen LogP contribution in [0.15, 0.2) is 18.3 Å². The highest BCUT2D eigenvalue weighted by atomic mass is 16.5. The number of rotatable bonds is 5. The molecule has 1 aromatic heterocycles. The number of carbonyl (C=O) groups excluding carboxylic acids is 1. The number of fused-ring (bicyclic) bond motifs is 1. The summed E-state index contributed by atoms with van der Waals surface area (Å²) in [4.78, 5) is 14.0. The molecule has 0 N–H and O–H groups in total. The Morgan fingerprint density at radius 3 is 2.95 bits per heavy atom. The number of nitrogens with zero attached hydrogens (tertiary/aromatic N) is 2. The summed E-state index contributed by atoms with van der Waals surface area (Å²) in [6, 6.07) is 4.06. The van der Waals surface area contributed by atoms with Crippen molar-refractivity contribution in [2.45, 2.75) is 33.0 Å². The Bertz CT molecular complexity index is 417. The van der Waals surface area contributed by atoms with Crippen LogP contribution < -0.4 is 0 Å². The Balaban J connectivity index is 2.08. The van der Waals surface area contributed by atoms with Gasteiger partial charge in [0.05, 0.1) is 19.2 Å². The predicted octanol–water partition coefficient (Wildman–Crippen LogP) is 1.27. The number of hydrogen-bond acceptors (Lipinski definition) is 3. The smallest absolute Gasteiger partial charge is 0.249 e. The first-order valence-electron chi connectivity index (χ1n) is 6.85. The zero-order chi connectivity index (χ0) is 13.7. The molecule has 0 radical (unpaired) electrons. The summed E-state index contributed by atoms with van der Waals surface area (Å²) in [5.41, 5.74) is 1.15. The normalized spacial score (nSPS) is 19.1. The summed E-state index contributed by atoms with van der Waals surface area (Å²) in [5, 5.41) is 0. The van der Waals surface area contributed by atoms with Gasteiger partial charge in [0.1, 0.15) is 6.61 Å². The molecule has 1 amide bonds. The van der Waals surface area contributed by atoms with Crippen LogP contribution in [-0.2, 0) is 27.4 Å². The second-order valence-electron chi connectivity index (χ2n) is 4.64. The van der Waals surface area contributed by atoms with Crippen LogP contribution >= 0.6 is 0 Å². The van der Waals surface area contributed by atoms with Crippen molar-refractivity contribution in [3.05, 3.63) is 24.0 Å². The molecule has 0 spiro atoms. The van der Waals surface area contributed by atoms with Crippen LogP contribution in [0, 0.1) is 0 Å². The number of amides is 1. The van der Waals surface area contributed by atoms with Crippen molar-refractivity contribution < 1.29 is 14.3 Å². The molecule has 1 aliphatic heterocycles. The van der Waals surface area contributed by atoms with Crippen LogP contribution in [0.2, 0.25) is 0 Å². The van der Waals surface area contributed by atoms with E-state index >= 15 is 0 Å². The molecule has 0 saturated heterocycles. The van der Waals surface area contributed by atoms with Gasteiger partial charge in [-0.3, -0.25) is 4.79 Å². The van der Waals surface area contributed by atoms with Crippen LogP contribution in [0.4, 0.5) is 0 Å². The van der Waals surface area contributed by atoms with Crippen molar-refractivity contribution in [1.82, 2.24) is 9.47 Å². The molecule has 2 rings (SSSR count). The average Bonchev–Trinajstić information content (AvgIpc) is 2.75. The van der Waals surface area contributed by atoms with Crippen molar-refractivity contribution in [3.8, 4) is 0 Å². The largest absolute Gasteiger partial charge is 0.375 e. The predicted molar refractivity (Wildman–Crippen MR) is 71.8 cm³/mol. The molecule has 0 saturated carbocycles. The van der Waals surface area contributed by atoms with E-state index in [2.05, 4.69) is 10.6 Å². The molecule has 5 heteroatoms. The SMILES string of the molecule is CCOCC(=O)N1Cc2cccn2C[C@H](OCC)C1. The molecule has 0 fully saturated rings. The van der Waals surface area contributed by atoms with E-state index in [-0.39, 0.29) is 18.6 Å². The quantitative estimate of drug-likeness (QED) is 0.806. The van der Waals surface area contributed by atoms with E-state index in [1.54, 1.807) is 0 Å². The minimum absolute atomic E-state index is 0.0289. The summed E-state index contributed by atoms with van der Waals surface area (Å²) in [6.45, 7) is 7.30. The molecule has 106 valence electrons. The van der Waals surface area contributed by atoms with Gasteiger partial charge in [0, 0.05) is 31.6 Å². The molecule has 0 bridgehead atoms. The van der Waals surface area contributed by atoms with Gasteiger partial charge in [0.2, 0.25) is 5.91 Å². The number of aromatic nitrogens is 1. The van der Waals surface area contributed by atoms with Crippen molar-refractivity contribution in [1.29, 1.82) is 0 Å². The lowest BCUT2D eigenvalue weighted by molar-refractivity contribution is -0.138. The van der Waals surface area contributed by atoms with Gasteiger partial charge in [-0.25, -0.2) is 0 Å². The molecule has 5 nitrogen and oxygen atoms in total. The molecule has 0 aromatic carbocycles. The summed E-state index contributed by atoms with van der Waals surface area (Å²) in [7, 11) is 0. The third-order valence-electron chi connectivity index (χ3n) is 3.29. The summed E-state index contributed by atoms with van der Waals surface area (Å²) < 4.78 is 13.1. The topological polar surface area (TPSA) is 43.7 Å². The van der Waals surface area contributed by atoms with Gasteiger partial charge < -0.3 is 18.9 Å². The molecule has 0 aliphatic carbocycles. The maximum Gasteiger partial charge on any atom is 0.249 e. The van der Waals surface area contributed by atoms with Gasteiger partial charge in [-0.05, 0) is 26.0 Å². The summed E-state index contributed by atoms with van der Waals surface area (Å²) in [6.07, 6.45) is 2.09. The number of hydrogen-bond donors (Lipinski definition) is 0. The Morgan fingerprint density at radius 2 is 2.21 bits per heavy atom. The molecule has 1 aromatic rings. The lowest BCUT2D eigenvalue weighted by Gasteiger charge is -2.24. The van der Waals surface area contributed by atoms with Gasteiger partial charge in [0.25, 0.3) is 0 Å². The van der Waals surface area contributed by atoms with Gasteiger partial charge in [-0.1, -0.05) is 0 Å². The first-order chi connectivity index (χ1) is 9.24. The highest BCUT2D eigenvalue weighted by Crippen LogP contribution is 2.15. The first kappa shape index (κ1) is 14.1. The highest BCUT2D eigenvalue weighted by molar-refractivity contribution is 5.77. The van der Waals surface area contributed by atoms with Crippen LogP contribution in [0.5, 0.6) is 0 Å². The Hall–Kier alpha value is -1.33. The minimum atomic E-state index is 0.0289. The monoisotopic (exact) mass is 266 g/mol. The molecule has 1 aliphatic rings. The summed E-state index contributed by atoms with van der Waals surface area (Å²) >= 11 is 0. The van der Waals surface area contributed by atoms with E-state index < -0.39 is 0 Å². The van der Waals surface area contributed by atoms with Gasteiger partial charge in [-0.2, -0.15) is 0 Å². The third-order valence-corrected chi connectivity index (χ3v) is 3.29. The third kappa shape index (κ3) is 3.58. The molecule has 2 heterocycles. The van der Waals surface area contributed by atoms with E-state index in [0.29, 0.717) is 26.3 Å². The minimum Gasteiger partial charge on any atom is -0.375 e. The fourth-order valence-electron chi connectivity index (χ4n) is 2.37. The highest BCUT2D eigenvalue weighted by Gasteiger charge is 2.24. The van der Waals surface area contributed by atoms with Crippen molar-refractivity contribution in [2.24, 2.45) is 0 Å². The van der Waals surface area contributed by atoms with Crippen LogP contribution in [0.1, 0.15) is 19.5 Å². The van der Waals surface area contributed by atoms with E-state index in [0.717, 1.165) is 12.2 Å². The average molecular weight is 266 g/mol. The van der Waals surface area contributed by atoms with Crippen LogP contribution in [0.25, 0.3) is 0 Å². The van der Waals surface area contributed by atoms with E-state index in [4.69, 9.17) is 9.47 Å². The number of ether oxygens (including phenoxy) is 2. The van der Waals surface area contributed by atoms with Crippen molar-refractivity contribution in [2.75, 3.05) is 26.4 Å². The Labute approximate surface area is 114 Å². The maximum absolute atomic E-state index is 12.1. The van der Waals surface area contributed by atoms with Crippen molar-refractivity contribution >= 4 is 5.91 Å². The second-order valence-corrected chi connectivity index (χ2v) is 4.64. The zero-order valence-electron chi connectivity index (χ0n) is 11.7. The van der Waals surface area contributed by atoms with Gasteiger partial charge >= 0.3 is 0 Å². The zero-order valence-corrected chi connectivity index (χ0v) is 11.7. The van der Waals surface area contributed by atoms with Crippen LogP contribution in [-0.4, -0.2) is 47.8 Å². The molecular formula is C14H22N2O3. The fourth-order valence-corrected chi connectivity index (χ4v) is 2.37. The Morgan fingerprint density at radius 1 is 1.37 bits per heavy atom. The van der Waals surface area contributed by atoms with E-state index in [1.165, 1.54) is 0 Å². The lowest BCUT2D eigenvalue weighted by atomic mass is 10.3. The van der Waals surface area contributed by atoms with E-state index in [9.17, 15) is 4.79 Å². The molecule has 19 heavy (non-hydrogen) atoms. The van der Waals surface area contributed by atoms with E-state index in [1.807, 2.05) is 31.0 Å². The molecule has 1 atom stereocenters. The van der Waals surface area contributed by atoms with Crippen molar-refractivity contribution in [3.63, 3.8) is 0 Å². The Kier molecular flexibility index (Phi) is 4.99. The number of carbonyl (C=O) groups is 1. The fraction of sp³-hybridized carbons (Fsp3) is 0.643. The summed E-state index contributed by atoms with van der Waals surface area (Å²) in [5.74, 6) is 0.0289. The molecule has 0 unspecified atom stereocenters. The standard InChI is InChI=1S/C14H22N2O3/c1-3-18-11-14(17)16-8-12-6-5-7-15(12)9-13(10-16)19-4-2/h5-7,13H,3-4,8-11H2,1-2H3/t13-/m0/s1. The maximum atomic E-state index is 12.1. The molecular weight excluding hydrogens is 244 g/mol. The van der Waals surface area contributed by atoms with Gasteiger partial charge in [-0.15, -0.1) is 0 Å². The lowest BCUT2D eigenvalue weighted by Crippen LogP contribution is -2.39. The van der Waals surface area contributed by atoms with Crippen LogP contribution in [0.3, 0.4) is 0 Å². The second kappa shape index (κ2) is 6.73.